The summed E-state index contributed by atoms with van der Waals surface area (Å²) >= 11 is 0. The summed E-state index contributed by atoms with van der Waals surface area (Å²) in [5, 5.41) is 15.2. The zero-order valence-electron chi connectivity index (χ0n) is 15.4. The van der Waals surface area contributed by atoms with Gasteiger partial charge in [0.2, 0.25) is 5.82 Å². The van der Waals surface area contributed by atoms with Crippen LogP contribution in [-0.4, -0.2) is 32.4 Å². The Morgan fingerprint density at radius 2 is 2.00 bits per heavy atom. The van der Waals surface area contributed by atoms with Crippen LogP contribution in [0.25, 0.3) is 22.8 Å². The quantitative estimate of drug-likeness (QED) is 0.607. The molecule has 0 radical (unpaired) electrons. The SMILES string of the molecule is CC(C)(CO)N1NNc2cc(-c3noc(-c4ccncc4C(F)(F)F)n3)ccc21. The molecule has 0 atom stereocenters. The molecule has 3 aromatic rings. The molecule has 0 fully saturated rings. The molecular formula is C18H17F3N6O2. The molecule has 11 heteroatoms. The number of fused-ring (bicyclic) bond motifs is 1. The molecule has 1 aliphatic rings. The minimum atomic E-state index is -4.59. The Morgan fingerprint density at radius 3 is 2.72 bits per heavy atom. The second kappa shape index (κ2) is 6.71. The smallest absolute Gasteiger partial charge is 0.394 e. The Hall–Kier alpha value is -3.18. The molecule has 152 valence electrons. The Morgan fingerprint density at radius 1 is 1.21 bits per heavy atom. The number of pyridine rings is 1. The number of rotatable bonds is 4. The lowest BCUT2D eigenvalue weighted by Gasteiger charge is -2.34. The molecule has 3 heterocycles. The molecule has 4 rings (SSSR count). The first kappa shape index (κ1) is 19.2. The Bertz CT molecular complexity index is 1050. The molecular weight excluding hydrogens is 389 g/mol. The third kappa shape index (κ3) is 3.38. The van der Waals surface area contributed by atoms with Crippen molar-refractivity contribution in [3.63, 3.8) is 0 Å². The summed E-state index contributed by atoms with van der Waals surface area (Å²) < 4.78 is 44.7. The van der Waals surface area contributed by atoms with E-state index >= 15 is 0 Å². The van der Waals surface area contributed by atoms with Gasteiger partial charge < -0.3 is 15.1 Å². The lowest BCUT2D eigenvalue weighted by atomic mass is 10.0. The molecule has 0 saturated carbocycles. The predicted molar refractivity (Wildman–Crippen MR) is 98.4 cm³/mol. The third-order valence-electron chi connectivity index (χ3n) is 4.57. The number of anilines is 2. The summed E-state index contributed by atoms with van der Waals surface area (Å²) in [6.45, 7) is 3.65. The van der Waals surface area contributed by atoms with E-state index in [4.69, 9.17) is 4.52 Å². The van der Waals surface area contributed by atoms with Crippen LogP contribution in [0.15, 0.2) is 41.2 Å². The van der Waals surface area contributed by atoms with Crippen LogP contribution in [-0.2, 0) is 6.18 Å². The van der Waals surface area contributed by atoms with Gasteiger partial charge in [0.15, 0.2) is 0 Å². The Kier molecular flexibility index (Phi) is 4.43. The van der Waals surface area contributed by atoms with E-state index < -0.39 is 17.3 Å². The summed E-state index contributed by atoms with van der Waals surface area (Å²) in [6, 6.07) is 6.43. The summed E-state index contributed by atoms with van der Waals surface area (Å²) in [6.07, 6.45) is -2.64. The normalized spacial score (nSPS) is 14.1. The number of hydrogen-bond donors (Lipinski definition) is 3. The van der Waals surface area contributed by atoms with Crippen molar-refractivity contribution in [3.05, 3.63) is 42.2 Å². The maximum Gasteiger partial charge on any atom is 0.418 e. The zero-order chi connectivity index (χ0) is 20.8. The Labute approximate surface area is 163 Å². The van der Waals surface area contributed by atoms with E-state index in [-0.39, 0.29) is 23.9 Å². The van der Waals surface area contributed by atoms with Crippen molar-refractivity contribution in [2.24, 2.45) is 0 Å². The fourth-order valence-corrected chi connectivity index (χ4v) is 2.95. The molecule has 0 saturated heterocycles. The van der Waals surface area contributed by atoms with Gasteiger partial charge >= 0.3 is 6.18 Å². The molecule has 3 N–H and O–H groups in total. The van der Waals surface area contributed by atoms with E-state index in [1.807, 2.05) is 13.8 Å². The van der Waals surface area contributed by atoms with Crippen LogP contribution in [0.4, 0.5) is 24.5 Å². The van der Waals surface area contributed by atoms with Gasteiger partial charge in [-0.25, -0.2) is 0 Å². The highest BCUT2D eigenvalue weighted by atomic mass is 19.4. The van der Waals surface area contributed by atoms with Gasteiger partial charge in [-0.05, 0) is 38.1 Å². The highest BCUT2D eigenvalue weighted by Gasteiger charge is 2.36. The average Bonchev–Trinajstić information content (AvgIpc) is 3.34. The van der Waals surface area contributed by atoms with Crippen LogP contribution in [0.2, 0.25) is 0 Å². The van der Waals surface area contributed by atoms with Crippen molar-refractivity contribution in [1.29, 1.82) is 0 Å². The number of halogens is 3. The van der Waals surface area contributed by atoms with E-state index in [1.54, 1.807) is 23.2 Å². The van der Waals surface area contributed by atoms with E-state index in [1.165, 1.54) is 12.3 Å². The number of hydrogen-bond acceptors (Lipinski definition) is 8. The third-order valence-corrected chi connectivity index (χ3v) is 4.57. The summed E-state index contributed by atoms with van der Waals surface area (Å²) in [5.41, 5.74) is 6.28. The molecule has 8 nitrogen and oxygen atoms in total. The van der Waals surface area contributed by atoms with E-state index in [0.717, 1.165) is 11.9 Å². The van der Waals surface area contributed by atoms with Crippen molar-refractivity contribution < 1.29 is 22.8 Å². The van der Waals surface area contributed by atoms with Crippen LogP contribution in [0, 0.1) is 0 Å². The second-order valence-corrected chi connectivity index (χ2v) is 7.12. The van der Waals surface area contributed by atoms with Crippen molar-refractivity contribution in [3.8, 4) is 22.8 Å². The number of benzene rings is 1. The van der Waals surface area contributed by atoms with E-state index in [0.29, 0.717) is 11.3 Å². The maximum atomic E-state index is 13.2. The monoisotopic (exact) mass is 406 g/mol. The molecule has 2 aromatic heterocycles. The van der Waals surface area contributed by atoms with Crippen LogP contribution in [0.1, 0.15) is 19.4 Å². The maximum absolute atomic E-state index is 13.2. The number of nitrogens with one attached hydrogen (secondary N) is 2. The standard InChI is InChI=1S/C18H17F3N6O2/c1-17(2,9-28)27-14-4-3-10(7-13(14)24-26-27)15-23-16(29-25-15)11-5-6-22-8-12(11)18(19,20)21/h3-8,24,26,28H,9H2,1-2H3. The molecule has 1 aromatic carbocycles. The van der Waals surface area contributed by atoms with Crippen LogP contribution < -0.4 is 16.0 Å². The van der Waals surface area contributed by atoms with Gasteiger partial charge in [-0.1, -0.05) is 5.16 Å². The molecule has 0 bridgehead atoms. The number of alkyl halides is 3. The molecule has 0 spiro atoms. The number of nitrogens with zero attached hydrogens (tertiary/aromatic N) is 4. The summed E-state index contributed by atoms with van der Waals surface area (Å²) in [5.74, 6) is -0.0984. The van der Waals surface area contributed by atoms with Gasteiger partial charge in [-0.3, -0.25) is 9.99 Å². The fraction of sp³-hybridized carbons (Fsp3) is 0.278. The van der Waals surface area contributed by atoms with Crippen molar-refractivity contribution in [2.45, 2.75) is 25.6 Å². The summed E-state index contributed by atoms with van der Waals surface area (Å²) in [4.78, 5) is 7.65. The van der Waals surface area contributed by atoms with Crippen molar-refractivity contribution in [1.82, 2.24) is 20.7 Å². The summed E-state index contributed by atoms with van der Waals surface area (Å²) in [7, 11) is 0. The number of aliphatic hydroxyl groups excluding tert-OH is 1. The van der Waals surface area contributed by atoms with Crippen molar-refractivity contribution >= 4 is 11.4 Å². The topological polar surface area (TPSA) is 99.3 Å². The van der Waals surface area contributed by atoms with Crippen LogP contribution in [0.3, 0.4) is 0 Å². The van der Waals surface area contributed by atoms with Gasteiger partial charge in [-0.15, -0.1) is 5.53 Å². The first-order valence-corrected chi connectivity index (χ1v) is 8.63. The fourth-order valence-electron chi connectivity index (χ4n) is 2.95. The molecule has 0 aliphatic carbocycles. The predicted octanol–water partition coefficient (Wildman–Crippen LogP) is 3.24. The molecule has 29 heavy (non-hydrogen) atoms. The second-order valence-electron chi connectivity index (χ2n) is 7.12. The largest absolute Gasteiger partial charge is 0.418 e. The van der Waals surface area contributed by atoms with E-state index in [9.17, 15) is 18.3 Å². The number of aromatic nitrogens is 3. The Balaban J connectivity index is 1.68. The van der Waals surface area contributed by atoms with Crippen molar-refractivity contribution in [2.75, 3.05) is 17.0 Å². The van der Waals surface area contributed by atoms with Crippen LogP contribution >= 0.6 is 0 Å². The van der Waals surface area contributed by atoms with Crippen LogP contribution in [0.5, 0.6) is 0 Å². The van der Waals surface area contributed by atoms with Gasteiger partial charge in [0.1, 0.15) is 0 Å². The van der Waals surface area contributed by atoms with Gasteiger partial charge in [-0.2, -0.15) is 18.2 Å². The molecule has 1 aliphatic heterocycles. The van der Waals surface area contributed by atoms with Gasteiger partial charge in [0.25, 0.3) is 5.89 Å². The zero-order valence-corrected chi connectivity index (χ0v) is 15.4. The molecule has 0 amide bonds. The van der Waals surface area contributed by atoms with Gasteiger partial charge in [0.05, 0.1) is 34.6 Å². The minimum absolute atomic E-state index is 0.0788. The first-order chi connectivity index (χ1) is 13.7. The first-order valence-electron chi connectivity index (χ1n) is 8.63. The number of hydrazine groups is 2. The average molecular weight is 406 g/mol. The molecule has 0 unspecified atom stereocenters. The van der Waals surface area contributed by atoms with Gasteiger partial charge in [0, 0.05) is 18.0 Å². The highest BCUT2D eigenvalue weighted by Crippen LogP contribution is 2.38. The lowest BCUT2D eigenvalue weighted by molar-refractivity contribution is -0.137. The number of aliphatic hydroxyl groups is 1. The van der Waals surface area contributed by atoms with E-state index in [2.05, 4.69) is 26.1 Å². The highest BCUT2D eigenvalue weighted by molar-refractivity contribution is 5.79. The lowest BCUT2D eigenvalue weighted by Crippen LogP contribution is -2.53. The minimum Gasteiger partial charge on any atom is -0.394 e.